The summed E-state index contributed by atoms with van der Waals surface area (Å²) in [5.74, 6) is 0.769. The van der Waals surface area contributed by atoms with E-state index in [2.05, 4.69) is 36.2 Å². The topological polar surface area (TPSA) is 62.8 Å². The summed E-state index contributed by atoms with van der Waals surface area (Å²) < 4.78 is 5.89. The second-order valence-corrected chi connectivity index (χ2v) is 4.61. The minimum absolute atomic E-state index is 0.701. The van der Waals surface area contributed by atoms with Crippen LogP contribution < -0.4 is 5.32 Å². The van der Waals surface area contributed by atoms with E-state index in [4.69, 9.17) is 4.74 Å². The average Bonchev–Trinajstić information content (AvgIpc) is 2.84. The van der Waals surface area contributed by atoms with Gasteiger partial charge in [-0.25, -0.2) is 4.98 Å². The molecule has 18 heavy (non-hydrogen) atoms. The van der Waals surface area contributed by atoms with E-state index >= 15 is 0 Å². The predicted molar refractivity (Wildman–Crippen MR) is 73.1 cm³/mol. The highest BCUT2D eigenvalue weighted by Crippen LogP contribution is 2.22. The van der Waals surface area contributed by atoms with Crippen LogP contribution in [-0.4, -0.2) is 35.2 Å². The normalized spacial score (nSPS) is 10.8. The second kappa shape index (κ2) is 6.63. The zero-order chi connectivity index (χ0) is 12.8. The van der Waals surface area contributed by atoms with Gasteiger partial charge >= 0.3 is 0 Å². The Morgan fingerprint density at radius 3 is 3.11 bits per heavy atom. The van der Waals surface area contributed by atoms with Gasteiger partial charge in [0, 0.05) is 36.6 Å². The highest BCUT2D eigenvalue weighted by molar-refractivity contribution is 9.10. The third kappa shape index (κ3) is 3.38. The summed E-state index contributed by atoms with van der Waals surface area (Å²) in [6, 6.07) is 3.82. The monoisotopic (exact) mass is 310 g/mol. The standard InChI is InChI=1S/C12H15BrN4O/c1-18-6-5-14-7-9-8-16-12(17-9)11-10(13)3-2-4-15-11/h2-4,8,14H,5-7H2,1H3,(H,16,17). The molecule has 0 fully saturated rings. The SMILES string of the molecule is COCCNCc1cnc(-c2ncccc2Br)[nH]1. The van der Waals surface area contributed by atoms with E-state index in [0.29, 0.717) is 6.61 Å². The Morgan fingerprint density at radius 2 is 2.33 bits per heavy atom. The first-order chi connectivity index (χ1) is 8.81. The molecular weight excluding hydrogens is 296 g/mol. The minimum atomic E-state index is 0.701. The molecule has 2 rings (SSSR count). The highest BCUT2D eigenvalue weighted by atomic mass is 79.9. The molecule has 2 heterocycles. The first kappa shape index (κ1) is 13.2. The fourth-order valence-corrected chi connectivity index (χ4v) is 1.97. The predicted octanol–water partition coefficient (Wildman–Crippen LogP) is 1.97. The number of halogens is 1. The van der Waals surface area contributed by atoms with Gasteiger partial charge in [-0.15, -0.1) is 0 Å². The van der Waals surface area contributed by atoms with E-state index in [1.807, 2.05) is 18.3 Å². The molecule has 2 aromatic heterocycles. The average molecular weight is 311 g/mol. The number of methoxy groups -OCH3 is 1. The zero-order valence-corrected chi connectivity index (χ0v) is 11.7. The van der Waals surface area contributed by atoms with Crippen molar-refractivity contribution >= 4 is 15.9 Å². The summed E-state index contributed by atoms with van der Waals surface area (Å²) in [5, 5.41) is 3.25. The van der Waals surface area contributed by atoms with Gasteiger partial charge in [0.05, 0.1) is 12.8 Å². The van der Waals surface area contributed by atoms with Gasteiger partial charge in [0.1, 0.15) is 5.69 Å². The van der Waals surface area contributed by atoms with Crippen LogP contribution in [0.2, 0.25) is 0 Å². The first-order valence-electron chi connectivity index (χ1n) is 5.65. The fraction of sp³-hybridized carbons (Fsp3) is 0.333. The molecule has 0 atom stereocenters. The van der Waals surface area contributed by atoms with Crippen molar-refractivity contribution in [3.05, 3.63) is 34.7 Å². The van der Waals surface area contributed by atoms with Crippen molar-refractivity contribution in [3.63, 3.8) is 0 Å². The van der Waals surface area contributed by atoms with Crippen molar-refractivity contribution in [2.45, 2.75) is 6.54 Å². The van der Waals surface area contributed by atoms with Crippen LogP contribution in [0.5, 0.6) is 0 Å². The summed E-state index contributed by atoms with van der Waals surface area (Å²) in [5.41, 5.74) is 1.85. The number of imidazole rings is 1. The molecule has 0 aliphatic carbocycles. The van der Waals surface area contributed by atoms with E-state index in [1.54, 1.807) is 13.3 Å². The number of H-pyrrole nitrogens is 1. The van der Waals surface area contributed by atoms with E-state index in [1.165, 1.54) is 0 Å². The Morgan fingerprint density at radius 1 is 1.44 bits per heavy atom. The molecule has 0 aliphatic heterocycles. The van der Waals surface area contributed by atoms with Crippen molar-refractivity contribution < 1.29 is 4.74 Å². The summed E-state index contributed by atoms with van der Waals surface area (Å²) in [6.45, 7) is 2.26. The molecule has 0 radical (unpaired) electrons. The molecule has 0 amide bonds. The van der Waals surface area contributed by atoms with Crippen LogP contribution in [0.15, 0.2) is 29.0 Å². The number of aromatic nitrogens is 3. The highest BCUT2D eigenvalue weighted by Gasteiger charge is 2.07. The van der Waals surface area contributed by atoms with Crippen molar-refractivity contribution in [2.24, 2.45) is 0 Å². The van der Waals surface area contributed by atoms with Crippen LogP contribution in [0.4, 0.5) is 0 Å². The van der Waals surface area contributed by atoms with E-state index in [0.717, 1.165) is 34.8 Å². The van der Waals surface area contributed by atoms with Gasteiger partial charge in [0.15, 0.2) is 5.82 Å². The van der Waals surface area contributed by atoms with Crippen LogP contribution in [0, 0.1) is 0 Å². The number of ether oxygens (including phenoxy) is 1. The largest absolute Gasteiger partial charge is 0.383 e. The Labute approximate surface area is 114 Å². The molecule has 0 spiro atoms. The summed E-state index contributed by atoms with van der Waals surface area (Å²) in [4.78, 5) is 11.9. The summed E-state index contributed by atoms with van der Waals surface area (Å²) >= 11 is 3.46. The third-order valence-corrected chi connectivity index (χ3v) is 3.05. The van der Waals surface area contributed by atoms with Gasteiger partial charge in [-0.2, -0.15) is 0 Å². The van der Waals surface area contributed by atoms with Gasteiger partial charge in [-0.1, -0.05) is 0 Å². The first-order valence-corrected chi connectivity index (χ1v) is 6.45. The van der Waals surface area contributed by atoms with Gasteiger partial charge in [-0.05, 0) is 28.1 Å². The molecule has 96 valence electrons. The van der Waals surface area contributed by atoms with Crippen LogP contribution in [0.1, 0.15) is 5.69 Å². The maximum Gasteiger partial charge on any atom is 0.157 e. The number of rotatable bonds is 6. The lowest BCUT2D eigenvalue weighted by Crippen LogP contribution is -2.18. The van der Waals surface area contributed by atoms with Crippen molar-refractivity contribution in [1.29, 1.82) is 0 Å². The zero-order valence-electron chi connectivity index (χ0n) is 10.1. The number of nitrogens with zero attached hydrogens (tertiary/aromatic N) is 2. The minimum Gasteiger partial charge on any atom is -0.383 e. The fourth-order valence-electron chi connectivity index (χ4n) is 1.53. The summed E-state index contributed by atoms with van der Waals surface area (Å²) in [6.07, 6.45) is 3.56. The lowest BCUT2D eigenvalue weighted by molar-refractivity contribution is 0.199. The molecule has 6 heteroatoms. The van der Waals surface area contributed by atoms with E-state index in [9.17, 15) is 0 Å². The van der Waals surface area contributed by atoms with Crippen molar-refractivity contribution in [1.82, 2.24) is 20.3 Å². The lowest BCUT2D eigenvalue weighted by atomic mass is 10.3. The van der Waals surface area contributed by atoms with Crippen LogP contribution >= 0.6 is 15.9 Å². The Kier molecular flexibility index (Phi) is 4.86. The van der Waals surface area contributed by atoms with Crippen LogP contribution in [-0.2, 0) is 11.3 Å². The molecule has 0 saturated heterocycles. The van der Waals surface area contributed by atoms with Crippen LogP contribution in [0.3, 0.4) is 0 Å². The quantitative estimate of drug-likeness (QED) is 0.801. The van der Waals surface area contributed by atoms with Gasteiger partial charge in [-0.3, -0.25) is 4.98 Å². The van der Waals surface area contributed by atoms with Gasteiger partial charge in [0.2, 0.25) is 0 Å². The molecule has 0 saturated carbocycles. The molecule has 2 N–H and O–H groups in total. The lowest BCUT2D eigenvalue weighted by Gasteiger charge is -2.01. The Hall–Kier alpha value is -1.24. The van der Waals surface area contributed by atoms with Crippen LogP contribution in [0.25, 0.3) is 11.5 Å². The number of pyridine rings is 1. The smallest absolute Gasteiger partial charge is 0.157 e. The van der Waals surface area contributed by atoms with E-state index in [-0.39, 0.29) is 0 Å². The number of hydrogen-bond donors (Lipinski definition) is 2. The Bertz CT molecular complexity index is 500. The molecular formula is C12H15BrN4O. The maximum absolute atomic E-state index is 4.97. The number of aromatic amines is 1. The van der Waals surface area contributed by atoms with Crippen molar-refractivity contribution in [2.75, 3.05) is 20.3 Å². The second-order valence-electron chi connectivity index (χ2n) is 3.76. The summed E-state index contributed by atoms with van der Waals surface area (Å²) in [7, 11) is 1.69. The maximum atomic E-state index is 4.97. The molecule has 5 nitrogen and oxygen atoms in total. The van der Waals surface area contributed by atoms with Gasteiger partial charge in [0.25, 0.3) is 0 Å². The molecule has 0 bridgehead atoms. The Balaban J connectivity index is 2.00. The third-order valence-electron chi connectivity index (χ3n) is 2.41. The number of nitrogens with one attached hydrogen (secondary N) is 2. The van der Waals surface area contributed by atoms with Crippen molar-refractivity contribution in [3.8, 4) is 11.5 Å². The molecule has 0 aromatic carbocycles. The van der Waals surface area contributed by atoms with E-state index < -0.39 is 0 Å². The molecule has 0 aliphatic rings. The molecule has 0 unspecified atom stereocenters. The molecule has 2 aromatic rings. The van der Waals surface area contributed by atoms with Gasteiger partial charge < -0.3 is 15.0 Å². The number of hydrogen-bond acceptors (Lipinski definition) is 4.